The van der Waals surface area contributed by atoms with Crippen molar-refractivity contribution in [3.8, 4) is 0 Å². The fraction of sp³-hybridized carbons (Fsp3) is 0.533. The van der Waals surface area contributed by atoms with Crippen LogP contribution in [0.5, 0.6) is 0 Å². The van der Waals surface area contributed by atoms with E-state index in [1.54, 1.807) is 6.92 Å². The van der Waals surface area contributed by atoms with E-state index in [0.717, 1.165) is 12.8 Å². The highest BCUT2D eigenvalue weighted by Crippen LogP contribution is 2.19. The quantitative estimate of drug-likeness (QED) is 0.569. The fourth-order valence-electron chi connectivity index (χ4n) is 2.28. The van der Waals surface area contributed by atoms with Crippen LogP contribution in [0.15, 0.2) is 18.2 Å². The Hall–Kier alpha value is -1.95. The van der Waals surface area contributed by atoms with Crippen LogP contribution in [0.25, 0.3) is 0 Å². The summed E-state index contributed by atoms with van der Waals surface area (Å²) in [6, 6.07) is 4.33. The van der Waals surface area contributed by atoms with Crippen molar-refractivity contribution in [1.82, 2.24) is 5.32 Å². The second-order valence-electron chi connectivity index (χ2n) is 5.14. The summed E-state index contributed by atoms with van der Waals surface area (Å²) < 4.78 is 0. The molecule has 0 unspecified atom stereocenters. The van der Waals surface area contributed by atoms with Gasteiger partial charge in [0.05, 0.1) is 4.92 Å². The first-order valence-corrected chi connectivity index (χ1v) is 7.13. The molecular formula is C15H22N2O4. The van der Waals surface area contributed by atoms with Gasteiger partial charge in [0.1, 0.15) is 0 Å². The minimum absolute atomic E-state index is 0.00990. The lowest BCUT2D eigenvalue weighted by Crippen LogP contribution is -2.29. The predicted molar refractivity (Wildman–Crippen MR) is 80.3 cm³/mol. The summed E-state index contributed by atoms with van der Waals surface area (Å²) in [5.41, 5.74) is 0.890. The van der Waals surface area contributed by atoms with E-state index in [1.165, 1.54) is 18.2 Å². The van der Waals surface area contributed by atoms with Crippen LogP contribution in [0.4, 0.5) is 5.69 Å². The SMILES string of the molecule is CCC[C@H](CCO)CNC(=O)c1ccc([N+](=O)[O-])c(C)c1. The minimum Gasteiger partial charge on any atom is -0.396 e. The second-order valence-corrected chi connectivity index (χ2v) is 5.14. The van der Waals surface area contributed by atoms with E-state index in [4.69, 9.17) is 5.11 Å². The Kier molecular flexibility index (Phi) is 6.81. The molecule has 0 aliphatic rings. The van der Waals surface area contributed by atoms with Crippen LogP contribution in [0.2, 0.25) is 0 Å². The molecule has 0 saturated heterocycles. The van der Waals surface area contributed by atoms with Crippen LogP contribution in [-0.2, 0) is 0 Å². The molecule has 0 saturated carbocycles. The molecule has 116 valence electrons. The van der Waals surface area contributed by atoms with Gasteiger partial charge in [0, 0.05) is 30.3 Å². The molecule has 0 spiro atoms. The maximum absolute atomic E-state index is 12.0. The van der Waals surface area contributed by atoms with Crippen molar-refractivity contribution < 1.29 is 14.8 Å². The summed E-state index contributed by atoms with van der Waals surface area (Å²) in [5.74, 6) is 0.00939. The average molecular weight is 294 g/mol. The molecule has 0 aliphatic carbocycles. The zero-order chi connectivity index (χ0) is 15.8. The number of carbonyl (C=O) groups excluding carboxylic acids is 1. The van der Waals surface area contributed by atoms with E-state index in [0.29, 0.717) is 24.1 Å². The average Bonchev–Trinajstić information content (AvgIpc) is 2.44. The second kappa shape index (κ2) is 8.36. The zero-order valence-electron chi connectivity index (χ0n) is 12.5. The Balaban J connectivity index is 2.67. The zero-order valence-corrected chi connectivity index (χ0v) is 12.5. The summed E-state index contributed by atoms with van der Waals surface area (Å²) in [5, 5.41) is 22.6. The molecule has 1 amide bonds. The van der Waals surface area contributed by atoms with Crippen molar-refractivity contribution in [2.45, 2.75) is 33.1 Å². The first kappa shape index (κ1) is 17.1. The molecule has 2 N–H and O–H groups in total. The number of nitrogens with zero attached hydrogens (tertiary/aromatic N) is 1. The maximum atomic E-state index is 12.0. The molecule has 21 heavy (non-hydrogen) atoms. The molecule has 0 aliphatic heterocycles. The molecule has 6 nitrogen and oxygen atoms in total. The lowest BCUT2D eigenvalue weighted by molar-refractivity contribution is -0.385. The minimum atomic E-state index is -0.463. The summed E-state index contributed by atoms with van der Waals surface area (Å²) in [4.78, 5) is 22.3. The molecule has 6 heteroatoms. The van der Waals surface area contributed by atoms with E-state index in [2.05, 4.69) is 12.2 Å². The number of amides is 1. The van der Waals surface area contributed by atoms with Gasteiger partial charge in [-0.05, 0) is 37.8 Å². The largest absolute Gasteiger partial charge is 0.396 e. The van der Waals surface area contributed by atoms with Crippen LogP contribution in [0, 0.1) is 23.0 Å². The predicted octanol–water partition coefficient (Wildman–Crippen LogP) is 2.43. The monoisotopic (exact) mass is 294 g/mol. The molecule has 0 heterocycles. The number of aliphatic hydroxyl groups is 1. The Morgan fingerprint density at radius 1 is 1.43 bits per heavy atom. The van der Waals surface area contributed by atoms with Gasteiger partial charge in [-0.25, -0.2) is 0 Å². The number of aryl methyl sites for hydroxylation is 1. The van der Waals surface area contributed by atoms with Gasteiger partial charge in [0.25, 0.3) is 11.6 Å². The van der Waals surface area contributed by atoms with Crippen LogP contribution in [-0.4, -0.2) is 29.1 Å². The highest BCUT2D eigenvalue weighted by atomic mass is 16.6. The third-order valence-corrected chi connectivity index (χ3v) is 3.44. The number of hydrogen-bond donors (Lipinski definition) is 2. The summed E-state index contributed by atoms with van der Waals surface area (Å²) in [7, 11) is 0. The van der Waals surface area contributed by atoms with Gasteiger partial charge >= 0.3 is 0 Å². The van der Waals surface area contributed by atoms with Crippen molar-refractivity contribution in [1.29, 1.82) is 0 Å². The van der Waals surface area contributed by atoms with Gasteiger partial charge in [-0.1, -0.05) is 13.3 Å². The van der Waals surface area contributed by atoms with Gasteiger partial charge in [0.15, 0.2) is 0 Å². The number of aliphatic hydroxyl groups excluding tert-OH is 1. The molecule has 0 aromatic heterocycles. The third kappa shape index (κ3) is 5.15. The number of benzene rings is 1. The molecule has 0 radical (unpaired) electrons. The van der Waals surface area contributed by atoms with E-state index < -0.39 is 4.92 Å². The van der Waals surface area contributed by atoms with E-state index in [-0.39, 0.29) is 24.1 Å². The van der Waals surface area contributed by atoms with Crippen molar-refractivity contribution >= 4 is 11.6 Å². The van der Waals surface area contributed by atoms with Crippen molar-refractivity contribution in [2.75, 3.05) is 13.2 Å². The van der Waals surface area contributed by atoms with E-state index in [9.17, 15) is 14.9 Å². The van der Waals surface area contributed by atoms with Gasteiger partial charge in [0.2, 0.25) is 0 Å². The topological polar surface area (TPSA) is 92.5 Å². The standard InChI is InChI=1S/C15H22N2O4/c1-3-4-12(7-8-18)10-16-15(19)13-5-6-14(17(20)21)11(2)9-13/h5-6,9,12,18H,3-4,7-8,10H2,1-2H3,(H,16,19)/t12-/m1/s1. The molecule has 1 aromatic rings. The molecule has 1 rings (SSSR count). The van der Waals surface area contributed by atoms with Gasteiger partial charge < -0.3 is 10.4 Å². The summed E-state index contributed by atoms with van der Waals surface area (Å²) in [6.07, 6.45) is 2.60. The highest BCUT2D eigenvalue weighted by Gasteiger charge is 2.15. The smallest absolute Gasteiger partial charge is 0.272 e. The van der Waals surface area contributed by atoms with E-state index >= 15 is 0 Å². The van der Waals surface area contributed by atoms with Crippen molar-refractivity contribution in [3.63, 3.8) is 0 Å². The van der Waals surface area contributed by atoms with Crippen LogP contribution in [0.3, 0.4) is 0 Å². The molecule has 0 bridgehead atoms. The maximum Gasteiger partial charge on any atom is 0.272 e. The fourth-order valence-corrected chi connectivity index (χ4v) is 2.28. The number of nitro benzene ring substituents is 1. The third-order valence-electron chi connectivity index (χ3n) is 3.44. The first-order chi connectivity index (χ1) is 9.99. The van der Waals surface area contributed by atoms with Gasteiger partial charge in [-0.3, -0.25) is 14.9 Å². The van der Waals surface area contributed by atoms with E-state index in [1.807, 2.05) is 0 Å². The highest BCUT2D eigenvalue weighted by molar-refractivity contribution is 5.94. The lowest BCUT2D eigenvalue weighted by atomic mass is 10.00. The number of nitro groups is 1. The van der Waals surface area contributed by atoms with Crippen LogP contribution < -0.4 is 5.32 Å². The Morgan fingerprint density at radius 2 is 2.14 bits per heavy atom. The Bertz CT molecular complexity index is 496. The van der Waals surface area contributed by atoms with Crippen LogP contribution >= 0.6 is 0 Å². The van der Waals surface area contributed by atoms with Crippen molar-refractivity contribution in [3.05, 3.63) is 39.4 Å². The molecule has 1 aromatic carbocycles. The summed E-state index contributed by atoms with van der Waals surface area (Å²) in [6.45, 7) is 4.28. The van der Waals surface area contributed by atoms with Gasteiger partial charge in [-0.15, -0.1) is 0 Å². The molecular weight excluding hydrogens is 272 g/mol. The van der Waals surface area contributed by atoms with Crippen LogP contribution in [0.1, 0.15) is 42.1 Å². The van der Waals surface area contributed by atoms with Crippen molar-refractivity contribution in [2.24, 2.45) is 5.92 Å². The molecule has 0 fully saturated rings. The number of hydrogen-bond acceptors (Lipinski definition) is 4. The number of carbonyl (C=O) groups is 1. The number of nitrogens with one attached hydrogen (secondary N) is 1. The number of rotatable bonds is 8. The first-order valence-electron chi connectivity index (χ1n) is 7.13. The van der Waals surface area contributed by atoms with Gasteiger partial charge in [-0.2, -0.15) is 0 Å². The lowest BCUT2D eigenvalue weighted by Gasteiger charge is -2.15. The molecule has 1 atom stereocenters. The Labute approximate surface area is 124 Å². The Morgan fingerprint density at radius 3 is 2.67 bits per heavy atom. The normalized spacial score (nSPS) is 12.0. The summed E-state index contributed by atoms with van der Waals surface area (Å²) >= 11 is 0.